The van der Waals surface area contributed by atoms with Gasteiger partial charge in [-0.25, -0.2) is 0 Å². The van der Waals surface area contributed by atoms with Crippen LogP contribution in [0, 0.1) is 0 Å². The molecular weight excluding hydrogens is 252 g/mol. The van der Waals surface area contributed by atoms with Crippen molar-refractivity contribution in [2.24, 2.45) is 0 Å². The van der Waals surface area contributed by atoms with Crippen LogP contribution in [0.4, 0.5) is 0 Å². The minimum Gasteiger partial charge on any atom is -0.493 e. The SMILES string of the molecule is CCNCC(C)N1CCc2cc(OC)c(OC)cc2C1. The highest BCUT2D eigenvalue weighted by atomic mass is 16.5. The molecule has 0 saturated heterocycles. The molecule has 112 valence electrons. The highest BCUT2D eigenvalue weighted by Gasteiger charge is 2.22. The minimum absolute atomic E-state index is 0.552. The van der Waals surface area contributed by atoms with Gasteiger partial charge in [0.1, 0.15) is 0 Å². The first-order valence-electron chi connectivity index (χ1n) is 7.38. The molecular formula is C16H26N2O2. The van der Waals surface area contributed by atoms with Crippen LogP contribution in [0.15, 0.2) is 12.1 Å². The van der Waals surface area contributed by atoms with Gasteiger partial charge in [0.2, 0.25) is 0 Å². The van der Waals surface area contributed by atoms with Crippen LogP contribution in [0.2, 0.25) is 0 Å². The van der Waals surface area contributed by atoms with Crippen LogP contribution in [0.1, 0.15) is 25.0 Å². The predicted octanol–water partition coefficient (Wildman–Crippen LogP) is 2.06. The number of rotatable bonds is 6. The number of hydrogen-bond donors (Lipinski definition) is 1. The molecule has 0 radical (unpaired) electrons. The zero-order valence-electron chi connectivity index (χ0n) is 13.0. The third kappa shape index (κ3) is 3.25. The Bertz CT molecular complexity index is 448. The normalized spacial score (nSPS) is 16.6. The number of nitrogens with one attached hydrogen (secondary N) is 1. The molecule has 1 aromatic carbocycles. The molecule has 0 amide bonds. The standard InChI is InChI=1S/C16H26N2O2/c1-5-17-10-12(2)18-7-6-13-8-15(19-3)16(20-4)9-14(13)11-18/h8-9,12,17H,5-7,10-11H2,1-4H3. The molecule has 20 heavy (non-hydrogen) atoms. The lowest BCUT2D eigenvalue weighted by Crippen LogP contribution is -2.43. The highest BCUT2D eigenvalue weighted by molar-refractivity contribution is 5.48. The van der Waals surface area contributed by atoms with Gasteiger partial charge in [-0.15, -0.1) is 0 Å². The van der Waals surface area contributed by atoms with E-state index >= 15 is 0 Å². The van der Waals surface area contributed by atoms with E-state index in [-0.39, 0.29) is 0 Å². The summed E-state index contributed by atoms with van der Waals surface area (Å²) in [5.41, 5.74) is 2.74. The second kappa shape index (κ2) is 6.95. The van der Waals surface area contributed by atoms with Crippen molar-refractivity contribution in [1.82, 2.24) is 10.2 Å². The Hall–Kier alpha value is -1.26. The van der Waals surface area contributed by atoms with Crippen LogP contribution in [0.25, 0.3) is 0 Å². The van der Waals surface area contributed by atoms with Gasteiger partial charge in [0.15, 0.2) is 11.5 Å². The quantitative estimate of drug-likeness (QED) is 0.863. The summed E-state index contributed by atoms with van der Waals surface area (Å²) < 4.78 is 10.8. The number of benzene rings is 1. The van der Waals surface area contributed by atoms with Crippen molar-refractivity contribution >= 4 is 0 Å². The van der Waals surface area contributed by atoms with Gasteiger partial charge >= 0.3 is 0 Å². The number of likely N-dealkylation sites (N-methyl/N-ethyl adjacent to an activating group) is 1. The lowest BCUT2D eigenvalue weighted by molar-refractivity contribution is 0.187. The number of methoxy groups -OCH3 is 2. The summed E-state index contributed by atoms with van der Waals surface area (Å²) in [6, 6.07) is 4.80. The number of fused-ring (bicyclic) bond motifs is 1. The number of nitrogens with zero attached hydrogens (tertiary/aromatic N) is 1. The van der Waals surface area contributed by atoms with Gasteiger partial charge in [0, 0.05) is 25.7 Å². The monoisotopic (exact) mass is 278 g/mol. The zero-order valence-corrected chi connectivity index (χ0v) is 13.0. The van der Waals surface area contributed by atoms with E-state index in [1.165, 1.54) is 11.1 Å². The fourth-order valence-corrected chi connectivity index (χ4v) is 2.76. The third-order valence-electron chi connectivity index (χ3n) is 4.06. The second-order valence-corrected chi connectivity index (χ2v) is 5.35. The van der Waals surface area contributed by atoms with Gasteiger partial charge < -0.3 is 14.8 Å². The molecule has 0 fully saturated rings. The van der Waals surface area contributed by atoms with E-state index in [9.17, 15) is 0 Å². The van der Waals surface area contributed by atoms with Crippen LogP contribution < -0.4 is 14.8 Å². The maximum absolute atomic E-state index is 5.41. The molecule has 1 heterocycles. The molecule has 0 aromatic heterocycles. The molecule has 4 nitrogen and oxygen atoms in total. The van der Waals surface area contributed by atoms with E-state index in [1.807, 2.05) is 0 Å². The molecule has 1 N–H and O–H groups in total. The van der Waals surface area contributed by atoms with E-state index in [0.29, 0.717) is 6.04 Å². The minimum atomic E-state index is 0.552. The summed E-state index contributed by atoms with van der Waals surface area (Å²) in [4.78, 5) is 2.52. The van der Waals surface area contributed by atoms with Gasteiger partial charge in [0.25, 0.3) is 0 Å². The summed E-state index contributed by atoms with van der Waals surface area (Å²) >= 11 is 0. The zero-order chi connectivity index (χ0) is 14.5. The Kier molecular flexibility index (Phi) is 5.26. The fraction of sp³-hybridized carbons (Fsp3) is 0.625. The summed E-state index contributed by atoms with van der Waals surface area (Å²) in [7, 11) is 3.39. The first-order chi connectivity index (χ1) is 9.69. The maximum Gasteiger partial charge on any atom is 0.161 e. The summed E-state index contributed by atoms with van der Waals surface area (Å²) in [6.45, 7) is 8.60. The smallest absolute Gasteiger partial charge is 0.161 e. The third-order valence-corrected chi connectivity index (χ3v) is 4.06. The van der Waals surface area contributed by atoms with Crippen molar-refractivity contribution < 1.29 is 9.47 Å². The largest absolute Gasteiger partial charge is 0.493 e. The van der Waals surface area contributed by atoms with Gasteiger partial charge in [-0.3, -0.25) is 4.90 Å². The van der Waals surface area contributed by atoms with Crippen LogP contribution in [0.5, 0.6) is 11.5 Å². The molecule has 1 aliphatic heterocycles. The summed E-state index contributed by atoms with van der Waals surface area (Å²) in [5, 5.41) is 3.42. The molecule has 1 aromatic rings. The van der Waals surface area contributed by atoms with Gasteiger partial charge in [-0.1, -0.05) is 6.92 Å². The summed E-state index contributed by atoms with van der Waals surface area (Å²) in [5.74, 6) is 1.66. The number of ether oxygens (including phenoxy) is 2. The second-order valence-electron chi connectivity index (χ2n) is 5.35. The molecule has 1 aliphatic rings. The molecule has 1 unspecified atom stereocenters. The van der Waals surface area contributed by atoms with Gasteiger partial charge in [0.05, 0.1) is 14.2 Å². The van der Waals surface area contributed by atoms with Crippen LogP contribution >= 0.6 is 0 Å². The Morgan fingerprint density at radius 2 is 1.85 bits per heavy atom. The Balaban J connectivity index is 2.13. The molecule has 0 bridgehead atoms. The van der Waals surface area contributed by atoms with Crippen molar-refractivity contribution in [3.8, 4) is 11.5 Å². The summed E-state index contributed by atoms with van der Waals surface area (Å²) in [6.07, 6.45) is 1.08. The highest BCUT2D eigenvalue weighted by Crippen LogP contribution is 2.33. The Morgan fingerprint density at radius 1 is 1.20 bits per heavy atom. The van der Waals surface area contributed by atoms with E-state index < -0.39 is 0 Å². The average Bonchev–Trinajstić information content (AvgIpc) is 2.50. The Labute approximate surface area is 122 Å². The maximum atomic E-state index is 5.41. The van der Waals surface area contributed by atoms with E-state index in [1.54, 1.807) is 14.2 Å². The van der Waals surface area contributed by atoms with Gasteiger partial charge in [-0.05, 0) is 43.1 Å². The molecule has 4 heteroatoms. The van der Waals surface area contributed by atoms with E-state index in [2.05, 4.69) is 36.2 Å². The first-order valence-corrected chi connectivity index (χ1v) is 7.38. The molecule has 0 spiro atoms. The van der Waals surface area contributed by atoms with Crippen molar-refractivity contribution in [3.05, 3.63) is 23.3 Å². The average molecular weight is 278 g/mol. The predicted molar refractivity (Wildman–Crippen MR) is 81.7 cm³/mol. The van der Waals surface area contributed by atoms with Crippen molar-refractivity contribution in [2.75, 3.05) is 33.9 Å². The van der Waals surface area contributed by atoms with E-state index in [0.717, 1.165) is 44.1 Å². The first kappa shape index (κ1) is 15.1. The topological polar surface area (TPSA) is 33.7 Å². The molecule has 0 saturated carbocycles. The Morgan fingerprint density at radius 3 is 2.45 bits per heavy atom. The van der Waals surface area contributed by atoms with Crippen molar-refractivity contribution in [1.29, 1.82) is 0 Å². The number of hydrogen-bond acceptors (Lipinski definition) is 4. The van der Waals surface area contributed by atoms with Crippen molar-refractivity contribution in [2.45, 2.75) is 32.9 Å². The van der Waals surface area contributed by atoms with Crippen LogP contribution in [-0.4, -0.2) is 44.8 Å². The molecule has 0 aliphatic carbocycles. The molecule has 2 rings (SSSR count). The van der Waals surface area contributed by atoms with Crippen LogP contribution in [0.3, 0.4) is 0 Å². The van der Waals surface area contributed by atoms with Gasteiger partial charge in [-0.2, -0.15) is 0 Å². The lowest BCUT2D eigenvalue weighted by atomic mass is 9.97. The van der Waals surface area contributed by atoms with Crippen molar-refractivity contribution in [3.63, 3.8) is 0 Å². The van der Waals surface area contributed by atoms with Crippen LogP contribution in [-0.2, 0) is 13.0 Å². The molecule has 1 atom stereocenters. The van der Waals surface area contributed by atoms with E-state index in [4.69, 9.17) is 9.47 Å². The lowest BCUT2D eigenvalue weighted by Gasteiger charge is -2.34. The fourth-order valence-electron chi connectivity index (χ4n) is 2.76.